The zero-order valence-corrected chi connectivity index (χ0v) is 20.2. The van der Waals surface area contributed by atoms with E-state index in [-0.39, 0.29) is 17.5 Å². The minimum absolute atomic E-state index is 0.123. The molecule has 178 valence electrons. The predicted octanol–water partition coefficient (Wildman–Crippen LogP) is 5.54. The number of methoxy groups -OCH3 is 1. The molecule has 0 saturated heterocycles. The fourth-order valence-corrected chi connectivity index (χ4v) is 3.75. The first-order chi connectivity index (χ1) is 16.8. The monoisotopic (exact) mass is 490 g/mol. The number of ether oxygens (including phenoxy) is 3. The van der Waals surface area contributed by atoms with Gasteiger partial charge in [-0.05, 0) is 66.1 Å². The molecule has 3 aromatic rings. The molecule has 1 N–H and O–H groups in total. The molecular formula is C27H23ClN2O5. The van der Waals surface area contributed by atoms with E-state index in [1.54, 1.807) is 42.5 Å². The third-order valence-corrected chi connectivity index (χ3v) is 5.54. The number of rotatable bonds is 7. The Morgan fingerprint density at radius 3 is 2.57 bits per heavy atom. The van der Waals surface area contributed by atoms with Crippen LogP contribution in [0.3, 0.4) is 0 Å². The Morgan fingerprint density at radius 2 is 1.89 bits per heavy atom. The summed E-state index contributed by atoms with van der Waals surface area (Å²) in [6.07, 6.45) is 1.57. The van der Waals surface area contributed by atoms with Gasteiger partial charge < -0.3 is 19.5 Å². The average Bonchev–Trinajstić information content (AvgIpc) is 3.19. The van der Waals surface area contributed by atoms with Crippen molar-refractivity contribution in [2.75, 3.05) is 12.4 Å². The van der Waals surface area contributed by atoms with Crippen LogP contribution in [0.5, 0.6) is 11.5 Å². The summed E-state index contributed by atoms with van der Waals surface area (Å²) in [4.78, 5) is 27.9. The van der Waals surface area contributed by atoms with Crippen molar-refractivity contribution < 1.29 is 23.8 Å². The highest BCUT2D eigenvalue weighted by molar-refractivity contribution is 6.32. The molecule has 1 aliphatic rings. The number of esters is 1. The summed E-state index contributed by atoms with van der Waals surface area (Å²) < 4.78 is 16.8. The number of carbonyl (C=O) groups is 2. The number of aliphatic imine (C=N–C) groups is 1. The number of aryl methyl sites for hydroxylation is 1. The van der Waals surface area contributed by atoms with Gasteiger partial charge in [0.15, 0.2) is 17.2 Å². The van der Waals surface area contributed by atoms with E-state index in [0.29, 0.717) is 39.9 Å². The van der Waals surface area contributed by atoms with Gasteiger partial charge in [0, 0.05) is 18.2 Å². The van der Waals surface area contributed by atoms with E-state index in [4.69, 9.17) is 25.8 Å². The Kier molecular flexibility index (Phi) is 7.17. The van der Waals surface area contributed by atoms with E-state index >= 15 is 0 Å². The smallest absolute Gasteiger partial charge is 0.363 e. The van der Waals surface area contributed by atoms with Crippen LogP contribution in [0.1, 0.15) is 29.2 Å². The SMILES string of the molecule is COc1cc(/C=C2\N=C(c3ccc(NC(C)=O)cc3)OC2=O)cc(Cl)c1OCc1ccccc1C. The Balaban J connectivity index is 1.56. The summed E-state index contributed by atoms with van der Waals surface area (Å²) in [6, 6.07) is 18.1. The zero-order chi connectivity index (χ0) is 24.9. The van der Waals surface area contributed by atoms with Gasteiger partial charge in [0.25, 0.3) is 0 Å². The van der Waals surface area contributed by atoms with E-state index < -0.39 is 5.97 Å². The van der Waals surface area contributed by atoms with Gasteiger partial charge in [-0.15, -0.1) is 0 Å². The highest BCUT2D eigenvalue weighted by Crippen LogP contribution is 2.38. The molecule has 8 heteroatoms. The van der Waals surface area contributed by atoms with Crippen molar-refractivity contribution in [3.05, 3.63) is 93.6 Å². The van der Waals surface area contributed by atoms with E-state index in [2.05, 4.69) is 10.3 Å². The molecule has 0 spiro atoms. The molecule has 1 amide bonds. The molecule has 7 nitrogen and oxygen atoms in total. The standard InChI is InChI=1S/C27H23ClN2O5/c1-16-6-4-5-7-20(16)15-34-25-22(28)12-18(14-24(25)33-3)13-23-27(32)35-26(30-23)19-8-10-21(11-9-19)29-17(2)31/h4-14H,15H2,1-3H3,(H,29,31)/b23-13-. The maximum absolute atomic E-state index is 12.4. The first-order valence-corrected chi connectivity index (χ1v) is 11.2. The Morgan fingerprint density at radius 1 is 1.14 bits per heavy atom. The predicted molar refractivity (Wildman–Crippen MR) is 135 cm³/mol. The lowest BCUT2D eigenvalue weighted by molar-refractivity contribution is -0.129. The maximum atomic E-state index is 12.4. The van der Waals surface area contributed by atoms with Gasteiger partial charge in [-0.3, -0.25) is 4.79 Å². The van der Waals surface area contributed by atoms with Crippen molar-refractivity contribution in [2.45, 2.75) is 20.5 Å². The van der Waals surface area contributed by atoms with Crippen LogP contribution in [0.15, 0.2) is 71.4 Å². The highest BCUT2D eigenvalue weighted by atomic mass is 35.5. The normalized spacial score (nSPS) is 13.9. The molecule has 3 aromatic carbocycles. The van der Waals surface area contributed by atoms with Crippen LogP contribution in [0.2, 0.25) is 5.02 Å². The van der Waals surface area contributed by atoms with Crippen LogP contribution in [0.25, 0.3) is 6.08 Å². The summed E-state index contributed by atoms with van der Waals surface area (Å²) in [5, 5.41) is 3.02. The van der Waals surface area contributed by atoms with E-state index in [0.717, 1.165) is 11.1 Å². The van der Waals surface area contributed by atoms with Crippen LogP contribution in [-0.4, -0.2) is 24.9 Å². The van der Waals surface area contributed by atoms with E-state index in [1.165, 1.54) is 14.0 Å². The van der Waals surface area contributed by atoms with Gasteiger partial charge in [0.05, 0.1) is 12.1 Å². The summed E-state index contributed by atoms with van der Waals surface area (Å²) in [5.74, 6) is 0.264. The molecule has 0 saturated carbocycles. The minimum Gasteiger partial charge on any atom is -0.493 e. The van der Waals surface area contributed by atoms with Crippen molar-refractivity contribution in [2.24, 2.45) is 4.99 Å². The Labute approximate surface area is 208 Å². The van der Waals surface area contributed by atoms with Crippen LogP contribution >= 0.6 is 11.6 Å². The number of hydrogen-bond donors (Lipinski definition) is 1. The number of amides is 1. The molecule has 4 rings (SSSR count). The van der Waals surface area contributed by atoms with Crippen LogP contribution < -0.4 is 14.8 Å². The van der Waals surface area contributed by atoms with Crippen LogP contribution in [-0.2, 0) is 20.9 Å². The number of cyclic esters (lactones) is 1. The van der Waals surface area contributed by atoms with Crippen molar-refractivity contribution in [3.8, 4) is 11.5 Å². The molecule has 0 aliphatic carbocycles. The first-order valence-electron chi connectivity index (χ1n) is 10.8. The highest BCUT2D eigenvalue weighted by Gasteiger charge is 2.24. The lowest BCUT2D eigenvalue weighted by Crippen LogP contribution is -2.07. The molecular weight excluding hydrogens is 468 g/mol. The van der Waals surface area contributed by atoms with Crippen molar-refractivity contribution in [3.63, 3.8) is 0 Å². The van der Waals surface area contributed by atoms with Gasteiger partial charge >= 0.3 is 5.97 Å². The Bertz CT molecular complexity index is 1350. The van der Waals surface area contributed by atoms with Gasteiger partial charge in [0.2, 0.25) is 11.8 Å². The lowest BCUT2D eigenvalue weighted by atomic mass is 10.1. The summed E-state index contributed by atoms with van der Waals surface area (Å²) in [5.41, 5.74) is 4.12. The maximum Gasteiger partial charge on any atom is 0.363 e. The summed E-state index contributed by atoms with van der Waals surface area (Å²) in [7, 11) is 1.52. The largest absolute Gasteiger partial charge is 0.493 e. The molecule has 1 heterocycles. The van der Waals surface area contributed by atoms with Gasteiger partial charge in [-0.25, -0.2) is 9.79 Å². The lowest BCUT2D eigenvalue weighted by Gasteiger charge is -2.14. The molecule has 0 radical (unpaired) electrons. The molecule has 0 fully saturated rings. The second kappa shape index (κ2) is 10.4. The van der Waals surface area contributed by atoms with Gasteiger partial charge in [-0.2, -0.15) is 0 Å². The van der Waals surface area contributed by atoms with Gasteiger partial charge in [-0.1, -0.05) is 35.9 Å². The number of nitrogens with one attached hydrogen (secondary N) is 1. The third-order valence-electron chi connectivity index (χ3n) is 5.26. The van der Waals surface area contributed by atoms with E-state index in [1.807, 2.05) is 31.2 Å². The fraction of sp³-hybridized carbons (Fsp3) is 0.148. The number of hydrogen-bond acceptors (Lipinski definition) is 6. The minimum atomic E-state index is -0.582. The number of nitrogens with zero attached hydrogens (tertiary/aromatic N) is 1. The van der Waals surface area contributed by atoms with Gasteiger partial charge in [0.1, 0.15) is 6.61 Å². The molecule has 0 bridgehead atoms. The van der Waals surface area contributed by atoms with Crippen molar-refractivity contribution in [1.29, 1.82) is 0 Å². The summed E-state index contributed by atoms with van der Waals surface area (Å²) >= 11 is 6.50. The number of halogens is 1. The second-order valence-electron chi connectivity index (χ2n) is 7.84. The molecule has 0 unspecified atom stereocenters. The Hall–Kier alpha value is -4.10. The number of benzene rings is 3. The molecule has 35 heavy (non-hydrogen) atoms. The van der Waals surface area contributed by atoms with Crippen molar-refractivity contribution in [1.82, 2.24) is 0 Å². The third kappa shape index (κ3) is 5.70. The zero-order valence-electron chi connectivity index (χ0n) is 19.4. The molecule has 1 aliphatic heterocycles. The second-order valence-corrected chi connectivity index (χ2v) is 8.25. The quantitative estimate of drug-likeness (QED) is 0.347. The number of carbonyl (C=O) groups excluding carboxylic acids is 2. The first kappa shape index (κ1) is 24.0. The fourth-order valence-electron chi connectivity index (χ4n) is 3.48. The topological polar surface area (TPSA) is 86.2 Å². The van der Waals surface area contributed by atoms with E-state index in [9.17, 15) is 9.59 Å². The average molecular weight is 491 g/mol. The summed E-state index contributed by atoms with van der Waals surface area (Å²) in [6.45, 7) is 3.78. The van der Waals surface area contributed by atoms with Crippen LogP contribution in [0.4, 0.5) is 5.69 Å². The number of anilines is 1. The van der Waals surface area contributed by atoms with Crippen molar-refractivity contribution >= 4 is 41.1 Å². The molecule has 0 atom stereocenters. The van der Waals surface area contributed by atoms with Crippen LogP contribution in [0, 0.1) is 6.92 Å². The molecule has 0 aromatic heterocycles.